The lowest BCUT2D eigenvalue weighted by Crippen LogP contribution is -2.39. The second kappa shape index (κ2) is 12.2. The average Bonchev–Trinajstić information content (AvgIpc) is 3.45. The SMILES string of the molecule is N#Cc1ccnc(NC2CCN(Cc3ccc(-n4c(-c5cccnc5N)nc5ccc(N6CCOCC6)nc54)cc3)CC2)n1. The Morgan fingerprint density at radius 1 is 0.909 bits per heavy atom. The predicted molar refractivity (Wildman–Crippen MR) is 168 cm³/mol. The molecule has 2 fully saturated rings. The third-order valence-corrected chi connectivity index (χ3v) is 8.20. The number of hydrogen-bond donors (Lipinski definition) is 2. The van der Waals surface area contributed by atoms with Gasteiger partial charge in [-0.25, -0.2) is 24.9 Å². The largest absolute Gasteiger partial charge is 0.383 e. The summed E-state index contributed by atoms with van der Waals surface area (Å²) in [5.41, 5.74) is 11.2. The van der Waals surface area contributed by atoms with E-state index in [0.717, 1.165) is 73.8 Å². The van der Waals surface area contributed by atoms with Crippen molar-refractivity contribution in [3.8, 4) is 23.1 Å². The number of imidazole rings is 1. The number of pyridine rings is 2. The molecule has 3 N–H and O–H groups in total. The van der Waals surface area contributed by atoms with Gasteiger partial charge in [-0.05, 0) is 60.9 Å². The lowest BCUT2D eigenvalue weighted by Gasteiger charge is -2.32. The van der Waals surface area contributed by atoms with E-state index in [9.17, 15) is 0 Å². The number of nitrogen functional groups attached to an aromatic ring is 1. The van der Waals surface area contributed by atoms with Gasteiger partial charge in [-0.3, -0.25) is 9.47 Å². The number of morpholine rings is 1. The second-order valence-electron chi connectivity index (χ2n) is 11.1. The number of nitrogens with one attached hydrogen (secondary N) is 1. The maximum Gasteiger partial charge on any atom is 0.224 e. The molecule has 7 rings (SSSR count). The van der Waals surface area contributed by atoms with E-state index in [-0.39, 0.29) is 6.04 Å². The molecule has 2 saturated heterocycles. The van der Waals surface area contributed by atoms with Crippen molar-refractivity contribution in [3.05, 3.63) is 78.2 Å². The highest BCUT2D eigenvalue weighted by Gasteiger charge is 2.22. The molecule has 12 nitrogen and oxygen atoms in total. The molecule has 222 valence electrons. The van der Waals surface area contributed by atoms with E-state index in [0.29, 0.717) is 36.5 Å². The van der Waals surface area contributed by atoms with E-state index >= 15 is 0 Å². The minimum atomic E-state index is 0.283. The molecule has 12 heteroatoms. The normalized spacial score (nSPS) is 16.2. The van der Waals surface area contributed by atoms with E-state index in [1.807, 2.05) is 24.3 Å². The molecule has 4 aromatic heterocycles. The number of anilines is 3. The zero-order valence-electron chi connectivity index (χ0n) is 24.3. The Morgan fingerprint density at radius 2 is 1.73 bits per heavy atom. The summed E-state index contributed by atoms with van der Waals surface area (Å²) in [4.78, 5) is 27.6. The maximum atomic E-state index is 9.10. The fourth-order valence-electron chi connectivity index (χ4n) is 5.86. The lowest BCUT2D eigenvalue weighted by molar-refractivity contribution is 0.122. The molecule has 0 spiro atoms. The summed E-state index contributed by atoms with van der Waals surface area (Å²) in [6.07, 6.45) is 5.26. The Bertz CT molecular complexity index is 1800. The van der Waals surface area contributed by atoms with Crippen LogP contribution in [0.1, 0.15) is 24.1 Å². The van der Waals surface area contributed by atoms with Crippen LogP contribution in [0.25, 0.3) is 28.2 Å². The van der Waals surface area contributed by atoms with Crippen LogP contribution in [0.15, 0.2) is 67.0 Å². The van der Waals surface area contributed by atoms with Crippen molar-refractivity contribution in [2.45, 2.75) is 25.4 Å². The number of aromatic nitrogens is 6. The summed E-state index contributed by atoms with van der Waals surface area (Å²) in [6, 6.07) is 20.4. The number of ether oxygens (including phenoxy) is 1. The molecule has 2 aliphatic heterocycles. The first-order valence-corrected chi connectivity index (χ1v) is 14.9. The minimum absolute atomic E-state index is 0.283. The summed E-state index contributed by atoms with van der Waals surface area (Å²) >= 11 is 0. The van der Waals surface area contributed by atoms with Crippen molar-refractivity contribution in [1.82, 2.24) is 34.4 Å². The van der Waals surface area contributed by atoms with Crippen LogP contribution in [0.4, 0.5) is 17.6 Å². The van der Waals surface area contributed by atoms with Crippen LogP contribution < -0.4 is 16.0 Å². The molecule has 2 aliphatic rings. The number of likely N-dealkylation sites (tertiary alicyclic amines) is 1. The van der Waals surface area contributed by atoms with Crippen LogP contribution in [0.3, 0.4) is 0 Å². The van der Waals surface area contributed by atoms with E-state index in [1.54, 1.807) is 18.5 Å². The van der Waals surface area contributed by atoms with Gasteiger partial charge in [-0.15, -0.1) is 0 Å². The Kier molecular flexibility index (Phi) is 7.70. The van der Waals surface area contributed by atoms with Crippen LogP contribution in [-0.4, -0.2) is 79.8 Å². The van der Waals surface area contributed by atoms with E-state index in [1.165, 1.54) is 5.56 Å². The maximum absolute atomic E-state index is 9.10. The van der Waals surface area contributed by atoms with Crippen molar-refractivity contribution in [2.75, 3.05) is 55.3 Å². The molecule has 0 atom stereocenters. The highest BCUT2D eigenvalue weighted by molar-refractivity contribution is 5.83. The Hall–Kier alpha value is -5.12. The first-order valence-electron chi connectivity index (χ1n) is 14.9. The van der Waals surface area contributed by atoms with Gasteiger partial charge in [0, 0.05) is 56.8 Å². The van der Waals surface area contributed by atoms with Gasteiger partial charge in [0.1, 0.15) is 28.9 Å². The van der Waals surface area contributed by atoms with Gasteiger partial charge in [0.15, 0.2) is 11.5 Å². The van der Waals surface area contributed by atoms with Crippen molar-refractivity contribution in [3.63, 3.8) is 0 Å². The Labute approximate surface area is 255 Å². The molecule has 0 saturated carbocycles. The van der Waals surface area contributed by atoms with Crippen molar-refractivity contribution in [2.24, 2.45) is 0 Å². The van der Waals surface area contributed by atoms with Gasteiger partial charge in [0.2, 0.25) is 5.95 Å². The summed E-state index contributed by atoms with van der Waals surface area (Å²) in [7, 11) is 0. The molecular formula is C32H33N11O. The molecule has 0 radical (unpaired) electrons. The van der Waals surface area contributed by atoms with E-state index in [2.05, 4.69) is 65.0 Å². The fraction of sp³-hybridized carbons (Fsp3) is 0.312. The summed E-state index contributed by atoms with van der Waals surface area (Å²) in [5, 5.41) is 12.5. The Morgan fingerprint density at radius 3 is 2.50 bits per heavy atom. The summed E-state index contributed by atoms with van der Waals surface area (Å²) < 4.78 is 7.63. The third-order valence-electron chi connectivity index (χ3n) is 8.20. The van der Waals surface area contributed by atoms with Gasteiger partial charge >= 0.3 is 0 Å². The van der Waals surface area contributed by atoms with E-state index < -0.39 is 0 Å². The number of hydrogen-bond acceptors (Lipinski definition) is 11. The number of benzene rings is 1. The van der Waals surface area contributed by atoms with Crippen LogP contribution in [-0.2, 0) is 11.3 Å². The lowest BCUT2D eigenvalue weighted by atomic mass is 10.0. The zero-order chi connectivity index (χ0) is 29.9. The van der Waals surface area contributed by atoms with Crippen LogP contribution in [0.2, 0.25) is 0 Å². The van der Waals surface area contributed by atoms with Crippen LogP contribution >= 0.6 is 0 Å². The predicted octanol–water partition coefficient (Wildman–Crippen LogP) is 3.64. The number of nitrogens with zero attached hydrogens (tertiary/aromatic N) is 9. The van der Waals surface area contributed by atoms with Gasteiger partial charge < -0.3 is 20.7 Å². The molecule has 5 aromatic rings. The second-order valence-corrected chi connectivity index (χ2v) is 11.1. The fourth-order valence-corrected chi connectivity index (χ4v) is 5.86. The average molecular weight is 588 g/mol. The number of rotatable bonds is 7. The van der Waals surface area contributed by atoms with Gasteiger partial charge in [0.25, 0.3) is 0 Å². The number of fused-ring (bicyclic) bond motifs is 1. The quantitative estimate of drug-likeness (QED) is 0.288. The van der Waals surface area contributed by atoms with Gasteiger partial charge in [-0.1, -0.05) is 12.1 Å². The summed E-state index contributed by atoms with van der Waals surface area (Å²) in [5.74, 6) is 2.57. The number of piperidine rings is 1. The van der Waals surface area contributed by atoms with Gasteiger partial charge in [0.05, 0.1) is 18.8 Å². The zero-order valence-corrected chi connectivity index (χ0v) is 24.3. The molecule has 0 bridgehead atoms. The third kappa shape index (κ3) is 5.75. The van der Waals surface area contributed by atoms with Crippen molar-refractivity contribution in [1.29, 1.82) is 5.26 Å². The molecule has 0 unspecified atom stereocenters. The Balaban J connectivity index is 1.11. The van der Waals surface area contributed by atoms with Gasteiger partial charge in [-0.2, -0.15) is 5.26 Å². The molecule has 0 amide bonds. The van der Waals surface area contributed by atoms with Crippen LogP contribution in [0, 0.1) is 11.3 Å². The van der Waals surface area contributed by atoms with Crippen molar-refractivity contribution >= 4 is 28.7 Å². The van der Waals surface area contributed by atoms with Crippen LogP contribution in [0.5, 0.6) is 0 Å². The molecular weight excluding hydrogens is 554 g/mol. The number of nitriles is 1. The van der Waals surface area contributed by atoms with E-state index in [4.69, 9.17) is 25.7 Å². The molecule has 44 heavy (non-hydrogen) atoms. The monoisotopic (exact) mass is 587 g/mol. The summed E-state index contributed by atoms with van der Waals surface area (Å²) in [6.45, 7) is 5.77. The first kappa shape index (κ1) is 27.7. The molecule has 1 aromatic carbocycles. The van der Waals surface area contributed by atoms with Crippen molar-refractivity contribution < 1.29 is 4.74 Å². The first-order chi connectivity index (χ1) is 21.6. The standard InChI is InChI=1S/C32H33N11O/c33-20-24-9-13-36-32(38-24)37-23-10-14-41(15-11-23)21-22-3-5-25(6-4-22)43-30(26-2-1-12-35-29(26)34)39-27-7-8-28(40-31(27)43)42-16-18-44-19-17-42/h1-9,12-13,23H,10-11,14-19,21H2,(H2,34,35)(H,36,37,38). The highest BCUT2D eigenvalue weighted by atomic mass is 16.5. The number of nitrogens with two attached hydrogens (primary N) is 1. The minimum Gasteiger partial charge on any atom is -0.383 e. The highest BCUT2D eigenvalue weighted by Crippen LogP contribution is 2.32. The molecule has 6 heterocycles. The molecule has 0 aliphatic carbocycles. The topological polar surface area (TPSA) is 147 Å². The smallest absolute Gasteiger partial charge is 0.224 e.